The standard InChI is InChI=1S/C21H19N3O3S/c1-3-13-8-4-6-10-15(13)22-17(25)12-28-21-23-18-14-9-5-7-11-16(14)27-19(18)20(26)24(21)2/h4-11H,3,12H2,1-2H3,(H,22,25). The number of aryl methyl sites for hydroxylation is 1. The number of furan rings is 1. The molecule has 0 fully saturated rings. The van der Waals surface area contributed by atoms with Gasteiger partial charge in [0, 0.05) is 18.1 Å². The Bertz CT molecular complexity index is 1240. The van der Waals surface area contributed by atoms with E-state index in [1.165, 1.54) is 16.3 Å². The van der Waals surface area contributed by atoms with Crippen LogP contribution in [0.2, 0.25) is 0 Å². The van der Waals surface area contributed by atoms with Crippen molar-refractivity contribution >= 4 is 45.4 Å². The molecule has 0 saturated heterocycles. The zero-order valence-electron chi connectivity index (χ0n) is 15.6. The SMILES string of the molecule is CCc1ccccc1NC(=O)CSc1nc2c(oc3ccccc32)c(=O)n1C. The van der Waals surface area contributed by atoms with E-state index >= 15 is 0 Å². The third kappa shape index (κ3) is 3.29. The van der Waals surface area contributed by atoms with Crippen LogP contribution in [0.4, 0.5) is 5.69 Å². The fraction of sp³-hybridized carbons (Fsp3) is 0.190. The summed E-state index contributed by atoms with van der Waals surface area (Å²) in [7, 11) is 1.63. The monoisotopic (exact) mass is 393 g/mol. The molecule has 28 heavy (non-hydrogen) atoms. The molecule has 1 N–H and O–H groups in total. The lowest BCUT2D eigenvalue weighted by Gasteiger charge is -2.10. The quantitative estimate of drug-likeness (QED) is 0.410. The molecule has 6 nitrogen and oxygen atoms in total. The lowest BCUT2D eigenvalue weighted by Crippen LogP contribution is -2.21. The zero-order chi connectivity index (χ0) is 19.7. The van der Waals surface area contributed by atoms with Gasteiger partial charge in [0.1, 0.15) is 11.1 Å². The summed E-state index contributed by atoms with van der Waals surface area (Å²) in [6, 6.07) is 15.1. The van der Waals surface area contributed by atoms with Gasteiger partial charge in [-0.25, -0.2) is 4.98 Å². The molecule has 0 spiro atoms. The summed E-state index contributed by atoms with van der Waals surface area (Å²) in [5.74, 6) is 0.0110. The van der Waals surface area contributed by atoms with E-state index in [0.29, 0.717) is 16.3 Å². The minimum absolute atomic E-state index is 0.141. The molecule has 0 aliphatic heterocycles. The van der Waals surface area contributed by atoms with Crippen LogP contribution in [0.1, 0.15) is 12.5 Å². The summed E-state index contributed by atoms with van der Waals surface area (Å²) in [6.07, 6.45) is 0.837. The Morgan fingerprint density at radius 1 is 1.18 bits per heavy atom. The number of hydrogen-bond acceptors (Lipinski definition) is 5. The number of carbonyl (C=O) groups is 1. The maximum Gasteiger partial charge on any atom is 0.297 e. The highest BCUT2D eigenvalue weighted by atomic mass is 32.2. The lowest BCUT2D eigenvalue weighted by molar-refractivity contribution is -0.113. The van der Waals surface area contributed by atoms with Gasteiger partial charge in [0.15, 0.2) is 5.16 Å². The van der Waals surface area contributed by atoms with Gasteiger partial charge in [0.2, 0.25) is 11.5 Å². The second-order valence-electron chi connectivity index (χ2n) is 6.38. The normalized spacial score (nSPS) is 11.2. The molecule has 142 valence electrons. The number of para-hydroxylation sites is 2. The molecule has 0 saturated carbocycles. The van der Waals surface area contributed by atoms with E-state index in [1.54, 1.807) is 7.05 Å². The summed E-state index contributed by atoms with van der Waals surface area (Å²) < 4.78 is 7.08. The van der Waals surface area contributed by atoms with Gasteiger partial charge in [0.05, 0.1) is 5.75 Å². The Hall–Kier alpha value is -3.06. The number of thioether (sulfide) groups is 1. The number of amides is 1. The van der Waals surface area contributed by atoms with Crippen LogP contribution >= 0.6 is 11.8 Å². The number of anilines is 1. The van der Waals surface area contributed by atoms with Crippen molar-refractivity contribution in [3.63, 3.8) is 0 Å². The van der Waals surface area contributed by atoms with Crippen molar-refractivity contribution in [1.82, 2.24) is 9.55 Å². The highest BCUT2D eigenvalue weighted by molar-refractivity contribution is 7.99. The summed E-state index contributed by atoms with van der Waals surface area (Å²) in [5, 5.41) is 4.20. The highest BCUT2D eigenvalue weighted by Crippen LogP contribution is 2.27. The van der Waals surface area contributed by atoms with Crippen LogP contribution in [-0.4, -0.2) is 21.2 Å². The molecule has 2 aromatic heterocycles. The van der Waals surface area contributed by atoms with Crippen molar-refractivity contribution in [3.05, 3.63) is 64.4 Å². The molecule has 2 aromatic carbocycles. The van der Waals surface area contributed by atoms with E-state index in [9.17, 15) is 9.59 Å². The molecule has 0 atom stereocenters. The van der Waals surface area contributed by atoms with Crippen LogP contribution in [0, 0.1) is 0 Å². The highest BCUT2D eigenvalue weighted by Gasteiger charge is 2.17. The van der Waals surface area contributed by atoms with Crippen LogP contribution in [0.15, 0.2) is 62.9 Å². The molecular weight excluding hydrogens is 374 g/mol. The van der Waals surface area contributed by atoms with Crippen molar-refractivity contribution in [2.24, 2.45) is 7.05 Å². The van der Waals surface area contributed by atoms with Gasteiger partial charge in [-0.1, -0.05) is 49.0 Å². The first-order valence-corrected chi connectivity index (χ1v) is 9.96. The van der Waals surface area contributed by atoms with Crippen LogP contribution in [0.5, 0.6) is 0 Å². The average molecular weight is 393 g/mol. The van der Waals surface area contributed by atoms with Crippen LogP contribution < -0.4 is 10.9 Å². The molecule has 4 aromatic rings. The summed E-state index contributed by atoms with van der Waals surface area (Å²) in [5.41, 5.74) is 3.01. The van der Waals surface area contributed by atoms with Crippen molar-refractivity contribution < 1.29 is 9.21 Å². The van der Waals surface area contributed by atoms with Crippen molar-refractivity contribution in [3.8, 4) is 0 Å². The van der Waals surface area contributed by atoms with E-state index in [-0.39, 0.29) is 22.8 Å². The fourth-order valence-electron chi connectivity index (χ4n) is 3.09. The van der Waals surface area contributed by atoms with Gasteiger partial charge in [-0.2, -0.15) is 0 Å². The van der Waals surface area contributed by atoms with Gasteiger partial charge in [-0.3, -0.25) is 14.2 Å². The minimum atomic E-state index is -0.263. The lowest BCUT2D eigenvalue weighted by atomic mass is 10.1. The van der Waals surface area contributed by atoms with Gasteiger partial charge in [0.25, 0.3) is 5.56 Å². The number of benzene rings is 2. The molecular formula is C21H19N3O3S. The van der Waals surface area contributed by atoms with E-state index in [4.69, 9.17) is 4.42 Å². The summed E-state index contributed by atoms with van der Waals surface area (Å²) in [6.45, 7) is 2.05. The van der Waals surface area contributed by atoms with Gasteiger partial charge >= 0.3 is 0 Å². The first-order valence-electron chi connectivity index (χ1n) is 8.97. The second kappa shape index (κ2) is 7.52. The number of fused-ring (bicyclic) bond motifs is 3. The second-order valence-corrected chi connectivity index (χ2v) is 7.32. The smallest absolute Gasteiger partial charge is 0.297 e. The Morgan fingerprint density at radius 2 is 1.93 bits per heavy atom. The third-order valence-electron chi connectivity index (χ3n) is 4.57. The molecule has 0 aliphatic rings. The molecule has 0 bridgehead atoms. The summed E-state index contributed by atoms with van der Waals surface area (Å²) >= 11 is 1.23. The number of nitrogens with one attached hydrogen (secondary N) is 1. The first-order chi connectivity index (χ1) is 13.6. The van der Waals surface area contributed by atoms with E-state index < -0.39 is 0 Å². The number of carbonyl (C=O) groups excluding carboxylic acids is 1. The average Bonchev–Trinajstić information content (AvgIpc) is 3.09. The maximum atomic E-state index is 12.7. The van der Waals surface area contributed by atoms with E-state index in [1.807, 2.05) is 55.5 Å². The van der Waals surface area contributed by atoms with Gasteiger partial charge in [-0.15, -0.1) is 0 Å². The first kappa shape index (κ1) is 18.3. The Morgan fingerprint density at radius 3 is 2.75 bits per heavy atom. The van der Waals surface area contributed by atoms with Crippen molar-refractivity contribution in [2.75, 3.05) is 11.1 Å². The molecule has 0 unspecified atom stereocenters. The molecule has 0 aliphatic carbocycles. The Labute approximate surface area is 165 Å². The molecule has 7 heteroatoms. The summed E-state index contributed by atoms with van der Waals surface area (Å²) in [4.78, 5) is 29.7. The van der Waals surface area contributed by atoms with Crippen molar-refractivity contribution in [2.45, 2.75) is 18.5 Å². The number of rotatable bonds is 5. The largest absolute Gasteiger partial charge is 0.448 e. The number of aromatic nitrogens is 2. The fourth-order valence-corrected chi connectivity index (χ4v) is 3.86. The maximum absolute atomic E-state index is 12.7. The predicted octanol–water partition coefficient (Wildman–Crippen LogP) is 3.97. The molecule has 4 rings (SSSR count). The van der Waals surface area contributed by atoms with E-state index in [2.05, 4.69) is 10.3 Å². The number of nitrogens with zero attached hydrogens (tertiary/aromatic N) is 2. The van der Waals surface area contributed by atoms with Gasteiger partial charge in [-0.05, 0) is 30.2 Å². The third-order valence-corrected chi connectivity index (χ3v) is 5.60. The Kier molecular flexibility index (Phi) is 4.92. The van der Waals surface area contributed by atoms with Crippen molar-refractivity contribution in [1.29, 1.82) is 0 Å². The van der Waals surface area contributed by atoms with Gasteiger partial charge < -0.3 is 9.73 Å². The van der Waals surface area contributed by atoms with Crippen LogP contribution in [0.25, 0.3) is 22.1 Å². The topological polar surface area (TPSA) is 77.1 Å². The Balaban J connectivity index is 1.59. The van der Waals surface area contributed by atoms with Crippen LogP contribution in [0.3, 0.4) is 0 Å². The molecule has 2 heterocycles. The zero-order valence-corrected chi connectivity index (χ0v) is 16.4. The minimum Gasteiger partial charge on any atom is -0.448 e. The predicted molar refractivity (Wildman–Crippen MR) is 112 cm³/mol. The number of hydrogen-bond donors (Lipinski definition) is 1. The van der Waals surface area contributed by atoms with Crippen LogP contribution in [-0.2, 0) is 18.3 Å². The molecule has 1 amide bonds. The molecule has 0 radical (unpaired) electrons. The van der Waals surface area contributed by atoms with E-state index in [0.717, 1.165) is 23.1 Å².